The molecule has 5 nitrogen and oxygen atoms in total. The van der Waals surface area contributed by atoms with Crippen LogP contribution in [0.3, 0.4) is 0 Å². The zero-order valence-corrected chi connectivity index (χ0v) is 12.8. The van der Waals surface area contributed by atoms with Gasteiger partial charge in [0.15, 0.2) is 0 Å². The third-order valence-corrected chi connectivity index (χ3v) is 3.59. The van der Waals surface area contributed by atoms with Crippen molar-refractivity contribution in [2.24, 2.45) is 5.73 Å². The van der Waals surface area contributed by atoms with E-state index in [0.717, 1.165) is 17.1 Å². The van der Waals surface area contributed by atoms with Gasteiger partial charge in [-0.1, -0.05) is 18.2 Å². The van der Waals surface area contributed by atoms with Crippen molar-refractivity contribution in [3.8, 4) is 0 Å². The van der Waals surface area contributed by atoms with Gasteiger partial charge in [-0.25, -0.2) is 4.39 Å². The summed E-state index contributed by atoms with van der Waals surface area (Å²) in [6, 6.07) is 12.7. The van der Waals surface area contributed by atoms with Crippen LogP contribution in [0.2, 0.25) is 0 Å². The molecule has 2 amide bonds. The number of fused-ring (bicyclic) bond motifs is 1. The summed E-state index contributed by atoms with van der Waals surface area (Å²) in [5.41, 5.74) is 6.87. The second-order valence-corrected chi connectivity index (χ2v) is 5.34. The number of benzene rings is 2. The molecule has 2 aromatic carbocycles. The van der Waals surface area contributed by atoms with E-state index < -0.39 is 17.6 Å². The average molecular weight is 323 g/mol. The maximum Gasteiger partial charge on any atom is 0.257 e. The highest BCUT2D eigenvalue weighted by atomic mass is 19.1. The zero-order chi connectivity index (χ0) is 17.3. The second-order valence-electron chi connectivity index (χ2n) is 5.34. The fourth-order valence-electron chi connectivity index (χ4n) is 2.42. The first-order valence-electron chi connectivity index (χ1n) is 7.23. The SMILES string of the molecule is Cc1ccc2cccc(C(=O)Nc3ccc(F)c(C(N)=O)c3)c2n1. The number of nitrogens with two attached hydrogens (primary N) is 1. The Morgan fingerprint density at radius 3 is 2.62 bits per heavy atom. The number of halogens is 1. The summed E-state index contributed by atoms with van der Waals surface area (Å²) in [5.74, 6) is -2.03. The number of nitrogens with zero attached hydrogens (tertiary/aromatic N) is 1. The Balaban J connectivity index is 1.98. The van der Waals surface area contributed by atoms with Crippen LogP contribution in [-0.4, -0.2) is 16.8 Å². The number of primary amides is 1. The number of hydrogen-bond donors (Lipinski definition) is 2. The fraction of sp³-hybridized carbons (Fsp3) is 0.0556. The Kier molecular flexibility index (Phi) is 3.95. The van der Waals surface area contributed by atoms with Crippen molar-refractivity contribution in [1.82, 2.24) is 4.98 Å². The molecule has 0 spiro atoms. The Hall–Kier alpha value is -3.28. The molecule has 1 heterocycles. The average Bonchev–Trinajstić information content (AvgIpc) is 2.55. The molecule has 3 rings (SSSR count). The van der Waals surface area contributed by atoms with E-state index in [1.54, 1.807) is 12.1 Å². The van der Waals surface area contributed by atoms with Crippen molar-refractivity contribution in [2.75, 3.05) is 5.32 Å². The number of aromatic nitrogens is 1. The first-order valence-corrected chi connectivity index (χ1v) is 7.23. The van der Waals surface area contributed by atoms with Crippen LogP contribution in [0.15, 0.2) is 48.5 Å². The number of para-hydroxylation sites is 1. The maximum absolute atomic E-state index is 13.5. The van der Waals surface area contributed by atoms with Crippen LogP contribution in [0.1, 0.15) is 26.4 Å². The van der Waals surface area contributed by atoms with Crippen molar-refractivity contribution < 1.29 is 14.0 Å². The Morgan fingerprint density at radius 2 is 1.88 bits per heavy atom. The normalized spacial score (nSPS) is 10.6. The van der Waals surface area contributed by atoms with Crippen molar-refractivity contribution >= 4 is 28.4 Å². The number of hydrogen-bond acceptors (Lipinski definition) is 3. The molecule has 6 heteroatoms. The molecule has 0 saturated heterocycles. The molecular weight excluding hydrogens is 309 g/mol. The van der Waals surface area contributed by atoms with Gasteiger partial charge in [-0.3, -0.25) is 14.6 Å². The second kappa shape index (κ2) is 6.08. The van der Waals surface area contributed by atoms with Crippen LogP contribution in [0.4, 0.5) is 10.1 Å². The standard InChI is InChI=1S/C18H14FN3O2/c1-10-5-6-11-3-2-4-13(16(11)21-10)18(24)22-12-7-8-15(19)14(9-12)17(20)23/h2-9H,1H3,(H2,20,23)(H,22,24). The molecule has 0 radical (unpaired) electrons. The highest BCUT2D eigenvalue weighted by Crippen LogP contribution is 2.20. The van der Waals surface area contributed by atoms with Crippen LogP contribution in [0, 0.1) is 12.7 Å². The summed E-state index contributed by atoms with van der Waals surface area (Å²) < 4.78 is 13.5. The van der Waals surface area contributed by atoms with Crippen LogP contribution in [0.5, 0.6) is 0 Å². The van der Waals surface area contributed by atoms with Gasteiger partial charge in [0, 0.05) is 16.8 Å². The van der Waals surface area contributed by atoms with Gasteiger partial charge in [-0.2, -0.15) is 0 Å². The van der Waals surface area contributed by atoms with E-state index in [0.29, 0.717) is 11.1 Å². The molecule has 24 heavy (non-hydrogen) atoms. The van der Waals surface area contributed by atoms with E-state index in [1.807, 2.05) is 25.1 Å². The first-order chi connectivity index (χ1) is 11.5. The van der Waals surface area contributed by atoms with Crippen LogP contribution >= 0.6 is 0 Å². The summed E-state index contributed by atoms with van der Waals surface area (Å²) in [7, 11) is 0. The minimum atomic E-state index is -0.897. The van der Waals surface area contributed by atoms with Gasteiger partial charge in [0.1, 0.15) is 5.82 Å². The largest absolute Gasteiger partial charge is 0.366 e. The van der Waals surface area contributed by atoms with Crippen LogP contribution in [-0.2, 0) is 0 Å². The Morgan fingerprint density at radius 1 is 1.08 bits per heavy atom. The molecular formula is C18H14FN3O2. The highest BCUT2D eigenvalue weighted by molar-refractivity contribution is 6.12. The van der Waals surface area contributed by atoms with Gasteiger partial charge >= 0.3 is 0 Å². The van der Waals surface area contributed by atoms with E-state index in [-0.39, 0.29) is 11.3 Å². The number of aryl methyl sites for hydroxylation is 1. The lowest BCUT2D eigenvalue weighted by molar-refractivity contribution is 0.0992. The molecule has 120 valence electrons. The lowest BCUT2D eigenvalue weighted by atomic mass is 10.1. The third-order valence-electron chi connectivity index (χ3n) is 3.59. The molecule has 0 unspecified atom stereocenters. The van der Waals surface area contributed by atoms with E-state index in [1.165, 1.54) is 12.1 Å². The van der Waals surface area contributed by atoms with E-state index in [9.17, 15) is 14.0 Å². The molecule has 0 aliphatic carbocycles. The highest BCUT2D eigenvalue weighted by Gasteiger charge is 2.14. The summed E-state index contributed by atoms with van der Waals surface area (Å²) >= 11 is 0. The van der Waals surface area contributed by atoms with Crippen molar-refractivity contribution in [1.29, 1.82) is 0 Å². The predicted octanol–water partition coefficient (Wildman–Crippen LogP) is 3.03. The van der Waals surface area contributed by atoms with Gasteiger partial charge in [-0.15, -0.1) is 0 Å². The lowest BCUT2D eigenvalue weighted by Gasteiger charge is -2.09. The molecule has 0 bridgehead atoms. The number of rotatable bonds is 3. The number of carbonyl (C=O) groups is 2. The summed E-state index contributed by atoms with van der Waals surface area (Å²) in [6.45, 7) is 1.84. The lowest BCUT2D eigenvalue weighted by Crippen LogP contribution is -2.16. The molecule has 0 aliphatic heterocycles. The maximum atomic E-state index is 13.5. The molecule has 0 aliphatic rings. The van der Waals surface area contributed by atoms with E-state index in [4.69, 9.17) is 5.73 Å². The number of amides is 2. The molecule has 3 N–H and O–H groups in total. The smallest absolute Gasteiger partial charge is 0.257 e. The monoisotopic (exact) mass is 323 g/mol. The van der Waals surface area contributed by atoms with Gasteiger partial charge in [-0.05, 0) is 37.3 Å². The topological polar surface area (TPSA) is 85.1 Å². The molecule has 0 fully saturated rings. The van der Waals surface area contributed by atoms with Gasteiger partial charge in [0.25, 0.3) is 11.8 Å². The van der Waals surface area contributed by atoms with Gasteiger partial charge in [0.05, 0.1) is 16.6 Å². The van der Waals surface area contributed by atoms with Crippen LogP contribution in [0.25, 0.3) is 10.9 Å². The molecule has 3 aromatic rings. The molecule has 1 aromatic heterocycles. The minimum absolute atomic E-state index is 0.278. The van der Waals surface area contributed by atoms with Crippen molar-refractivity contribution in [3.05, 3.63) is 71.2 Å². The summed E-state index contributed by atoms with van der Waals surface area (Å²) in [5, 5.41) is 3.48. The van der Waals surface area contributed by atoms with Gasteiger partial charge in [0.2, 0.25) is 0 Å². The zero-order valence-electron chi connectivity index (χ0n) is 12.8. The minimum Gasteiger partial charge on any atom is -0.366 e. The Labute approximate surface area is 137 Å². The van der Waals surface area contributed by atoms with Crippen molar-refractivity contribution in [2.45, 2.75) is 6.92 Å². The van der Waals surface area contributed by atoms with Crippen LogP contribution < -0.4 is 11.1 Å². The first kappa shape index (κ1) is 15.6. The van der Waals surface area contributed by atoms with E-state index in [2.05, 4.69) is 10.3 Å². The Bertz CT molecular complexity index is 970. The quantitative estimate of drug-likeness (QED) is 0.777. The summed E-state index contributed by atoms with van der Waals surface area (Å²) in [4.78, 5) is 28.1. The predicted molar refractivity (Wildman–Crippen MR) is 89.4 cm³/mol. The molecule has 0 saturated carbocycles. The third kappa shape index (κ3) is 2.94. The molecule has 0 atom stereocenters. The number of nitrogens with one attached hydrogen (secondary N) is 1. The fourth-order valence-corrected chi connectivity index (χ4v) is 2.42. The number of carbonyl (C=O) groups excluding carboxylic acids is 2. The summed E-state index contributed by atoms with van der Waals surface area (Å²) in [6.07, 6.45) is 0. The van der Waals surface area contributed by atoms with Gasteiger partial charge < -0.3 is 11.1 Å². The number of pyridine rings is 1. The van der Waals surface area contributed by atoms with E-state index >= 15 is 0 Å². The number of anilines is 1. The van der Waals surface area contributed by atoms with Crippen molar-refractivity contribution in [3.63, 3.8) is 0 Å².